The molecule has 8 atom stereocenters. The van der Waals surface area contributed by atoms with E-state index in [4.69, 9.17) is 14.2 Å². The lowest BCUT2D eigenvalue weighted by Gasteiger charge is -2.40. The minimum absolute atomic E-state index is 0.124. The van der Waals surface area contributed by atoms with Crippen LogP contribution in [0.15, 0.2) is 0 Å². The summed E-state index contributed by atoms with van der Waals surface area (Å²) in [5, 5.41) is 0. The van der Waals surface area contributed by atoms with Crippen LogP contribution < -0.4 is 0 Å². The monoisotopic (exact) mass is 406 g/mol. The van der Waals surface area contributed by atoms with E-state index in [9.17, 15) is 0 Å². The Labute approximate surface area is 179 Å². The maximum Gasteiger partial charge on any atom is 0.0784 e. The average molecular weight is 407 g/mol. The molecule has 0 heterocycles. The van der Waals surface area contributed by atoms with Crippen molar-refractivity contribution in [1.29, 1.82) is 0 Å². The van der Waals surface area contributed by atoms with Crippen molar-refractivity contribution < 1.29 is 14.2 Å². The second-order valence-corrected chi connectivity index (χ2v) is 12.6. The predicted molar refractivity (Wildman–Crippen MR) is 118 cm³/mol. The van der Waals surface area contributed by atoms with Crippen molar-refractivity contribution in [1.82, 2.24) is 0 Å². The van der Waals surface area contributed by atoms with Crippen LogP contribution in [0.1, 0.15) is 93.9 Å². The van der Waals surface area contributed by atoms with Gasteiger partial charge >= 0.3 is 0 Å². The minimum Gasteiger partial charge on any atom is -0.375 e. The summed E-state index contributed by atoms with van der Waals surface area (Å²) < 4.78 is 19.1. The van der Waals surface area contributed by atoms with Crippen LogP contribution >= 0.6 is 0 Å². The summed E-state index contributed by atoms with van der Waals surface area (Å²) in [5.74, 6) is 1.65. The Kier molecular flexibility index (Phi) is 5.49. The summed E-state index contributed by atoms with van der Waals surface area (Å²) in [6.07, 6.45) is 8.88. The second kappa shape index (κ2) is 7.20. The van der Waals surface area contributed by atoms with E-state index in [-0.39, 0.29) is 12.2 Å². The summed E-state index contributed by atoms with van der Waals surface area (Å²) in [6, 6.07) is 0. The molecule has 3 heteroatoms. The lowest BCUT2D eigenvalue weighted by atomic mass is 9.70. The second-order valence-electron chi connectivity index (χ2n) is 12.6. The fourth-order valence-corrected chi connectivity index (χ4v) is 7.64. The van der Waals surface area contributed by atoms with Crippen LogP contribution in [0.5, 0.6) is 0 Å². The maximum absolute atomic E-state index is 6.53. The third-order valence-corrected chi connectivity index (χ3v) is 11.0. The first-order chi connectivity index (χ1) is 13.4. The first-order valence-electron chi connectivity index (χ1n) is 12.3. The summed E-state index contributed by atoms with van der Waals surface area (Å²) in [4.78, 5) is 0. The number of hydrogen-bond donors (Lipinski definition) is 0. The summed E-state index contributed by atoms with van der Waals surface area (Å²) in [6.45, 7) is 20.4. The lowest BCUT2D eigenvalue weighted by molar-refractivity contribution is -0.127. The average Bonchev–Trinajstić information content (AvgIpc) is 3.16. The van der Waals surface area contributed by atoms with Gasteiger partial charge in [-0.15, -0.1) is 0 Å². The number of hydrogen-bond acceptors (Lipinski definition) is 3. The molecule has 4 bridgehead atoms. The number of fused-ring (bicyclic) bond motifs is 4. The normalized spacial score (nSPS) is 46.3. The molecule has 3 nitrogen and oxygen atoms in total. The Balaban J connectivity index is 1.20. The Bertz CT molecular complexity index is 613. The molecule has 0 saturated heterocycles. The SMILES string of the molecule is CC(COC1CC2CCC1(C)C2(C)C)OCC(C)OC1CC2CCC1(C)C2(C)C. The molecule has 0 spiro atoms. The summed E-state index contributed by atoms with van der Waals surface area (Å²) in [5.41, 5.74) is 1.47. The number of rotatable bonds is 8. The van der Waals surface area contributed by atoms with Crippen LogP contribution in [0.2, 0.25) is 0 Å². The summed E-state index contributed by atoms with van der Waals surface area (Å²) >= 11 is 0. The van der Waals surface area contributed by atoms with Crippen LogP contribution in [-0.4, -0.2) is 37.6 Å². The fraction of sp³-hybridized carbons (Fsp3) is 1.00. The van der Waals surface area contributed by atoms with E-state index in [1.807, 2.05) is 0 Å². The highest BCUT2D eigenvalue weighted by atomic mass is 16.6. The smallest absolute Gasteiger partial charge is 0.0784 e. The van der Waals surface area contributed by atoms with Gasteiger partial charge in [0.25, 0.3) is 0 Å². The van der Waals surface area contributed by atoms with Gasteiger partial charge in [0.05, 0.1) is 37.6 Å². The molecule has 4 saturated carbocycles. The Hall–Kier alpha value is -0.120. The topological polar surface area (TPSA) is 27.7 Å². The highest BCUT2D eigenvalue weighted by Gasteiger charge is 2.63. The van der Waals surface area contributed by atoms with E-state index in [2.05, 4.69) is 55.4 Å². The van der Waals surface area contributed by atoms with Crippen molar-refractivity contribution in [3.63, 3.8) is 0 Å². The molecule has 4 aliphatic rings. The molecule has 4 rings (SSSR count). The quantitative estimate of drug-likeness (QED) is 0.477. The van der Waals surface area contributed by atoms with Gasteiger partial charge in [0.2, 0.25) is 0 Å². The predicted octanol–water partition coefficient (Wildman–Crippen LogP) is 6.24. The molecule has 0 aromatic carbocycles. The van der Waals surface area contributed by atoms with Crippen LogP contribution in [0.4, 0.5) is 0 Å². The first-order valence-corrected chi connectivity index (χ1v) is 12.3. The number of ether oxygens (including phenoxy) is 3. The van der Waals surface area contributed by atoms with Crippen LogP contribution in [0.25, 0.3) is 0 Å². The maximum atomic E-state index is 6.53. The van der Waals surface area contributed by atoms with Gasteiger partial charge in [-0.2, -0.15) is 0 Å². The molecule has 29 heavy (non-hydrogen) atoms. The molecular formula is C26H46O3. The highest BCUT2D eigenvalue weighted by Crippen LogP contribution is 2.67. The molecule has 0 N–H and O–H groups in total. The van der Waals surface area contributed by atoms with E-state index >= 15 is 0 Å². The molecule has 4 fully saturated rings. The lowest BCUT2D eigenvalue weighted by Crippen LogP contribution is -2.40. The zero-order valence-corrected chi connectivity index (χ0v) is 20.3. The van der Waals surface area contributed by atoms with Gasteiger partial charge in [-0.05, 0) is 85.9 Å². The van der Waals surface area contributed by atoms with Crippen molar-refractivity contribution in [2.75, 3.05) is 13.2 Å². The van der Waals surface area contributed by atoms with Gasteiger partial charge < -0.3 is 14.2 Å². The molecule has 0 amide bonds. The molecule has 0 aliphatic heterocycles. The van der Waals surface area contributed by atoms with Gasteiger partial charge in [-0.1, -0.05) is 41.5 Å². The van der Waals surface area contributed by atoms with Crippen LogP contribution in [-0.2, 0) is 14.2 Å². The van der Waals surface area contributed by atoms with E-state index in [1.165, 1.54) is 38.5 Å². The van der Waals surface area contributed by atoms with Gasteiger partial charge in [0, 0.05) is 0 Å². The van der Waals surface area contributed by atoms with Gasteiger partial charge in [0.15, 0.2) is 0 Å². The van der Waals surface area contributed by atoms with Crippen molar-refractivity contribution in [2.24, 2.45) is 33.5 Å². The van der Waals surface area contributed by atoms with Crippen molar-refractivity contribution in [2.45, 2.75) is 118 Å². The van der Waals surface area contributed by atoms with E-state index < -0.39 is 0 Å². The van der Waals surface area contributed by atoms with E-state index in [1.54, 1.807) is 0 Å². The largest absolute Gasteiger partial charge is 0.375 e. The Morgan fingerprint density at radius 2 is 1.24 bits per heavy atom. The Morgan fingerprint density at radius 1 is 0.724 bits per heavy atom. The first kappa shape index (κ1) is 22.1. The van der Waals surface area contributed by atoms with Crippen LogP contribution in [0, 0.1) is 33.5 Å². The van der Waals surface area contributed by atoms with Gasteiger partial charge in [-0.3, -0.25) is 0 Å². The van der Waals surface area contributed by atoms with E-state index in [0.29, 0.717) is 47.1 Å². The van der Waals surface area contributed by atoms with Crippen molar-refractivity contribution in [3.8, 4) is 0 Å². The zero-order chi connectivity index (χ0) is 21.2. The van der Waals surface area contributed by atoms with Gasteiger partial charge in [-0.25, -0.2) is 0 Å². The molecule has 0 aromatic heterocycles. The fourth-order valence-electron chi connectivity index (χ4n) is 7.64. The molecule has 0 radical (unpaired) electrons. The molecule has 4 aliphatic carbocycles. The minimum atomic E-state index is 0.124. The van der Waals surface area contributed by atoms with Crippen molar-refractivity contribution in [3.05, 3.63) is 0 Å². The molecule has 8 unspecified atom stereocenters. The Morgan fingerprint density at radius 3 is 1.69 bits per heavy atom. The molecule has 0 aromatic rings. The zero-order valence-electron chi connectivity index (χ0n) is 20.3. The highest BCUT2D eigenvalue weighted by molar-refractivity contribution is 5.12. The summed E-state index contributed by atoms with van der Waals surface area (Å²) in [7, 11) is 0. The standard InChI is InChI=1S/C26H46O3/c1-17(15-28-21-13-19-9-11-25(21,7)23(19,3)4)27-16-18(2)29-22-14-20-10-12-26(22,8)24(20,5)6/h17-22H,9-16H2,1-8H3. The van der Waals surface area contributed by atoms with Crippen molar-refractivity contribution >= 4 is 0 Å². The van der Waals surface area contributed by atoms with E-state index in [0.717, 1.165) is 11.8 Å². The molecular weight excluding hydrogens is 360 g/mol. The van der Waals surface area contributed by atoms with Crippen LogP contribution in [0.3, 0.4) is 0 Å². The molecule has 168 valence electrons. The third kappa shape index (κ3) is 3.24. The third-order valence-electron chi connectivity index (χ3n) is 11.0. The van der Waals surface area contributed by atoms with Gasteiger partial charge in [0.1, 0.15) is 0 Å².